The zero-order valence-corrected chi connectivity index (χ0v) is 13.3. The molecule has 2 atom stereocenters. The predicted octanol–water partition coefficient (Wildman–Crippen LogP) is 2.32. The van der Waals surface area contributed by atoms with Crippen LogP contribution < -0.4 is 0 Å². The fraction of sp³-hybridized carbons (Fsp3) is 0.471. The van der Waals surface area contributed by atoms with Gasteiger partial charge in [-0.15, -0.1) is 0 Å². The van der Waals surface area contributed by atoms with Gasteiger partial charge in [0.15, 0.2) is 0 Å². The van der Waals surface area contributed by atoms with Crippen LogP contribution in [0, 0.1) is 11.8 Å². The van der Waals surface area contributed by atoms with E-state index in [0.29, 0.717) is 0 Å². The standard InChI is InChI=1S/C17H21NO5/c1-11(2)14-10-23-17(22)18(14)16(21)13(9-15(19)20)8-12-6-4-3-5-7-12/h3-7,11,13-14H,8-10H2,1-2H3,(H,19,20)/t13-,14-/m0/s1. The van der Waals surface area contributed by atoms with Crippen molar-refractivity contribution in [3.8, 4) is 0 Å². The molecule has 2 amide bonds. The summed E-state index contributed by atoms with van der Waals surface area (Å²) < 4.78 is 4.98. The second kappa shape index (κ2) is 7.26. The van der Waals surface area contributed by atoms with Crippen LogP contribution in [0.5, 0.6) is 0 Å². The van der Waals surface area contributed by atoms with Gasteiger partial charge in [0.25, 0.3) is 0 Å². The maximum atomic E-state index is 12.8. The second-order valence-electron chi connectivity index (χ2n) is 6.08. The number of ether oxygens (including phenoxy) is 1. The summed E-state index contributed by atoms with van der Waals surface area (Å²) in [6.07, 6.45) is -0.722. The second-order valence-corrected chi connectivity index (χ2v) is 6.08. The molecule has 1 fully saturated rings. The van der Waals surface area contributed by atoms with Gasteiger partial charge >= 0.3 is 12.1 Å². The Kier molecular flexibility index (Phi) is 5.36. The lowest BCUT2D eigenvalue weighted by Crippen LogP contribution is -2.45. The van der Waals surface area contributed by atoms with E-state index in [-0.39, 0.29) is 31.4 Å². The molecule has 0 bridgehead atoms. The highest BCUT2D eigenvalue weighted by Gasteiger charge is 2.42. The smallest absolute Gasteiger partial charge is 0.416 e. The lowest BCUT2D eigenvalue weighted by Gasteiger charge is -2.26. The lowest BCUT2D eigenvalue weighted by atomic mass is 9.93. The van der Waals surface area contributed by atoms with Crippen LogP contribution >= 0.6 is 0 Å². The van der Waals surface area contributed by atoms with Gasteiger partial charge in [0.1, 0.15) is 6.61 Å². The number of imide groups is 1. The third kappa shape index (κ3) is 4.09. The zero-order valence-electron chi connectivity index (χ0n) is 13.3. The zero-order chi connectivity index (χ0) is 17.0. The Bertz CT molecular complexity index is 584. The van der Waals surface area contributed by atoms with E-state index in [4.69, 9.17) is 9.84 Å². The van der Waals surface area contributed by atoms with Crippen LogP contribution in [0.2, 0.25) is 0 Å². The highest BCUT2D eigenvalue weighted by Crippen LogP contribution is 2.24. The van der Waals surface area contributed by atoms with Crippen LogP contribution in [0.25, 0.3) is 0 Å². The molecular formula is C17H21NO5. The molecule has 1 heterocycles. The molecule has 0 radical (unpaired) electrons. The number of hydrogen-bond acceptors (Lipinski definition) is 4. The number of cyclic esters (lactones) is 1. The van der Waals surface area contributed by atoms with Gasteiger partial charge in [-0.3, -0.25) is 9.59 Å². The first-order valence-corrected chi connectivity index (χ1v) is 7.65. The Hall–Kier alpha value is -2.37. The van der Waals surface area contributed by atoms with Crippen molar-refractivity contribution in [1.29, 1.82) is 0 Å². The number of carbonyl (C=O) groups is 3. The molecule has 6 nitrogen and oxygen atoms in total. The highest BCUT2D eigenvalue weighted by molar-refractivity contribution is 5.96. The lowest BCUT2D eigenvalue weighted by molar-refractivity contribution is -0.144. The molecule has 0 saturated carbocycles. The number of aliphatic carboxylic acids is 1. The Morgan fingerprint density at radius 3 is 2.52 bits per heavy atom. The average molecular weight is 319 g/mol. The van der Waals surface area contributed by atoms with Crippen molar-refractivity contribution in [2.75, 3.05) is 6.61 Å². The van der Waals surface area contributed by atoms with E-state index < -0.39 is 23.9 Å². The SMILES string of the molecule is CC(C)[C@@H]1COC(=O)N1C(=O)[C@H](CC(=O)O)Cc1ccccc1. The first kappa shape index (κ1) is 17.0. The van der Waals surface area contributed by atoms with Gasteiger partial charge in [-0.25, -0.2) is 9.69 Å². The summed E-state index contributed by atoms with van der Waals surface area (Å²) >= 11 is 0. The van der Waals surface area contributed by atoms with E-state index in [9.17, 15) is 14.4 Å². The maximum Gasteiger partial charge on any atom is 0.416 e. The molecule has 23 heavy (non-hydrogen) atoms. The molecule has 124 valence electrons. The molecule has 0 aliphatic carbocycles. The first-order chi connectivity index (χ1) is 10.9. The van der Waals surface area contributed by atoms with E-state index in [1.807, 2.05) is 44.2 Å². The van der Waals surface area contributed by atoms with Crippen LogP contribution in [0.15, 0.2) is 30.3 Å². The van der Waals surface area contributed by atoms with Gasteiger partial charge in [-0.1, -0.05) is 44.2 Å². The third-order valence-corrected chi connectivity index (χ3v) is 4.01. The summed E-state index contributed by atoms with van der Waals surface area (Å²) in [5.74, 6) is -2.28. The third-order valence-electron chi connectivity index (χ3n) is 4.01. The predicted molar refractivity (Wildman–Crippen MR) is 82.7 cm³/mol. The minimum atomic E-state index is -1.06. The van der Waals surface area contributed by atoms with E-state index in [1.165, 1.54) is 0 Å². The molecule has 1 aromatic carbocycles. The number of carboxylic acids is 1. The summed E-state index contributed by atoms with van der Waals surface area (Å²) in [5.41, 5.74) is 0.862. The number of amides is 2. The topological polar surface area (TPSA) is 83.9 Å². The Morgan fingerprint density at radius 2 is 1.96 bits per heavy atom. The Morgan fingerprint density at radius 1 is 1.30 bits per heavy atom. The van der Waals surface area contributed by atoms with Gasteiger partial charge in [-0.2, -0.15) is 0 Å². The number of nitrogens with zero attached hydrogens (tertiary/aromatic N) is 1. The number of carboxylic acid groups (broad SMARTS) is 1. The Labute approximate surface area is 135 Å². The quantitative estimate of drug-likeness (QED) is 0.870. The number of carbonyl (C=O) groups excluding carboxylic acids is 2. The molecule has 2 rings (SSSR count). The van der Waals surface area contributed by atoms with Gasteiger partial charge in [-0.05, 0) is 17.9 Å². The molecule has 0 spiro atoms. The monoisotopic (exact) mass is 319 g/mol. The summed E-state index contributed by atoms with van der Waals surface area (Å²) in [4.78, 5) is 36.9. The van der Waals surface area contributed by atoms with Crippen LogP contribution in [0.1, 0.15) is 25.8 Å². The number of hydrogen-bond donors (Lipinski definition) is 1. The van der Waals surface area contributed by atoms with Crippen molar-refractivity contribution in [3.63, 3.8) is 0 Å². The van der Waals surface area contributed by atoms with Gasteiger partial charge in [0.05, 0.1) is 18.4 Å². The van der Waals surface area contributed by atoms with Crippen molar-refractivity contribution in [2.45, 2.75) is 32.7 Å². The van der Waals surface area contributed by atoms with Gasteiger partial charge in [0.2, 0.25) is 5.91 Å². The highest BCUT2D eigenvalue weighted by atomic mass is 16.6. The van der Waals surface area contributed by atoms with Crippen molar-refractivity contribution < 1.29 is 24.2 Å². The summed E-state index contributed by atoms with van der Waals surface area (Å²) in [7, 11) is 0. The fourth-order valence-corrected chi connectivity index (χ4v) is 2.73. The van der Waals surface area contributed by atoms with Gasteiger partial charge < -0.3 is 9.84 Å². The number of benzene rings is 1. The summed E-state index contributed by atoms with van der Waals surface area (Å²) in [6.45, 7) is 3.96. The summed E-state index contributed by atoms with van der Waals surface area (Å²) in [6, 6.07) is 8.85. The molecule has 0 unspecified atom stereocenters. The molecule has 1 N–H and O–H groups in total. The molecule has 6 heteroatoms. The molecule has 0 aromatic heterocycles. The van der Waals surface area contributed by atoms with Crippen LogP contribution in [0.4, 0.5) is 4.79 Å². The van der Waals surface area contributed by atoms with Crippen LogP contribution in [-0.4, -0.2) is 40.6 Å². The molecule has 1 saturated heterocycles. The maximum absolute atomic E-state index is 12.8. The van der Waals surface area contributed by atoms with E-state index >= 15 is 0 Å². The largest absolute Gasteiger partial charge is 0.481 e. The van der Waals surface area contributed by atoms with E-state index in [2.05, 4.69) is 0 Å². The van der Waals surface area contributed by atoms with Gasteiger partial charge in [0, 0.05) is 0 Å². The Balaban J connectivity index is 2.21. The molecular weight excluding hydrogens is 298 g/mol. The van der Waals surface area contributed by atoms with Crippen LogP contribution in [0.3, 0.4) is 0 Å². The fourth-order valence-electron chi connectivity index (χ4n) is 2.73. The van der Waals surface area contributed by atoms with E-state index in [1.54, 1.807) is 0 Å². The van der Waals surface area contributed by atoms with Crippen molar-refractivity contribution in [1.82, 2.24) is 4.90 Å². The number of rotatable bonds is 6. The van der Waals surface area contributed by atoms with Crippen molar-refractivity contribution >= 4 is 18.0 Å². The first-order valence-electron chi connectivity index (χ1n) is 7.65. The van der Waals surface area contributed by atoms with E-state index in [0.717, 1.165) is 10.5 Å². The van der Waals surface area contributed by atoms with Crippen molar-refractivity contribution in [2.24, 2.45) is 11.8 Å². The molecule has 1 aromatic rings. The molecule has 1 aliphatic heterocycles. The summed E-state index contributed by atoms with van der Waals surface area (Å²) in [5, 5.41) is 9.11. The minimum absolute atomic E-state index is 0.0487. The molecule has 1 aliphatic rings. The normalized spacial score (nSPS) is 18.8. The average Bonchev–Trinajstić information content (AvgIpc) is 2.88. The van der Waals surface area contributed by atoms with Crippen molar-refractivity contribution in [3.05, 3.63) is 35.9 Å². The minimum Gasteiger partial charge on any atom is -0.481 e. The van der Waals surface area contributed by atoms with Crippen LogP contribution in [-0.2, 0) is 20.7 Å².